The lowest BCUT2D eigenvalue weighted by Crippen LogP contribution is -2.28. The Morgan fingerprint density at radius 1 is 1.07 bits per heavy atom. The fourth-order valence-electron chi connectivity index (χ4n) is 2.88. The van der Waals surface area contributed by atoms with Gasteiger partial charge in [-0.1, -0.05) is 65.4 Å². The van der Waals surface area contributed by atoms with E-state index in [1.165, 1.54) is 33.1 Å². The van der Waals surface area contributed by atoms with Gasteiger partial charge in [0.05, 0.1) is 5.75 Å². The number of carbonyl (C=O) groups is 1. The van der Waals surface area contributed by atoms with Crippen LogP contribution in [0.4, 0.5) is 0 Å². The first-order valence-electron chi connectivity index (χ1n) is 9.05. The molecule has 0 aliphatic rings. The van der Waals surface area contributed by atoms with Crippen molar-refractivity contribution in [2.24, 2.45) is 0 Å². The van der Waals surface area contributed by atoms with Crippen LogP contribution in [0.2, 0.25) is 0 Å². The van der Waals surface area contributed by atoms with Crippen LogP contribution < -0.4 is 5.84 Å². The largest absolute Gasteiger partial charge is 0.341 e. The molecule has 2 aromatic carbocycles. The number of aryl methyl sites for hydroxylation is 3. The predicted octanol–water partition coefficient (Wildman–Crippen LogP) is 3.33. The minimum Gasteiger partial charge on any atom is -0.341 e. The van der Waals surface area contributed by atoms with Gasteiger partial charge >= 0.3 is 0 Å². The van der Waals surface area contributed by atoms with E-state index in [0.29, 0.717) is 17.5 Å². The van der Waals surface area contributed by atoms with Crippen LogP contribution in [-0.4, -0.2) is 38.5 Å². The molecule has 0 atom stereocenters. The maximum Gasteiger partial charge on any atom is 0.233 e. The normalized spacial score (nSPS) is 10.9. The molecule has 7 heteroatoms. The second-order valence-electron chi connectivity index (χ2n) is 7.01. The van der Waals surface area contributed by atoms with Gasteiger partial charge in [0.2, 0.25) is 11.1 Å². The van der Waals surface area contributed by atoms with E-state index in [1.54, 1.807) is 4.90 Å². The van der Waals surface area contributed by atoms with E-state index in [4.69, 9.17) is 5.84 Å². The number of benzene rings is 2. The van der Waals surface area contributed by atoms with Crippen LogP contribution in [0.25, 0.3) is 11.4 Å². The van der Waals surface area contributed by atoms with Crippen LogP contribution in [0, 0.1) is 20.8 Å². The maximum absolute atomic E-state index is 12.5. The van der Waals surface area contributed by atoms with Gasteiger partial charge in [0, 0.05) is 19.2 Å². The number of hydrogen-bond donors (Lipinski definition) is 1. The fourth-order valence-corrected chi connectivity index (χ4v) is 3.68. The molecule has 0 spiro atoms. The highest BCUT2D eigenvalue weighted by Crippen LogP contribution is 2.22. The van der Waals surface area contributed by atoms with Crippen LogP contribution in [0.1, 0.15) is 22.3 Å². The smallest absolute Gasteiger partial charge is 0.233 e. The molecule has 2 N–H and O–H groups in total. The van der Waals surface area contributed by atoms with Crippen molar-refractivity contribution in [2.45, 2.75) is 32.5 Å². The number of aromatic nitrogens is 3. The lowest BCUT2D eigenvalue weighted by molar-refractivity contribution is -0.127. The molecule has 0 aliphatic heterocycles. The summed E-state index contributed by atoms with van der Waals surface area (Å²) in [6, 6.07) is 14.2. The van der Waals surface area contributed by atoms with E-state index < -0.39 is 0 Å². The average Bonchev–Trinajstić information content (AvgIpc) is 3.03. The Kier molecular flexibility index (Phi) is 6.04. The van der Waals surface area contributed by atoms with Crippen LogP contribution in [-0.2, 0) is 11.3 Å². The molecule has 0 radical (unpaired) electrons. The maximum atomic E-state index is 12.5. The third kappa shape index (κ3) is 4.54. The average molecular weight is 396 g/mol. The van der Waals surface area contributed by atoms with Crippen LogP contribution in [0.3, 0.4) is 0 Å². The van der Waals surface area contributed by atoms with Gasteiger partial charge in [-0.3, -0.25) is 4.79 Å². The molecule has 0 saturated carbocycles. The number of rotatable bonds is 6. The Morgan fingerprint density at radius 3 is 2.43 bits per heavy atom. The number of amides is 1. The van der Waals surface area contributed by atoms with Crippen LogP contribution in [0.5, 0.6) is 0 Å². The first-order chi connectivity index (χ1) is 13.3. The van der Waals surface area contributed by atoms with Crippen molar-refractivity contribution in [3.05, 3.63) is 64.7 Å². The van der Waals surface area contributed by atoms with Crippen molar-refractivity contribution in [2.75, 3.05) is 18.6 Å². The Morgan fingerprint density at radius 2 is 1.75 bits per heavy atom. The second kappa shape index (κ2) is 8.48. The van der Waals surface area contributed by atoms with E-state index in [2.05, 4.69) is 42.2 Å². The molecule has 0 bridgehead atoms. The molecule has 0 aliphatic carbocycles. The molecule has 0 fully saturated rings. The number of carbonyl (C=O) groups excluding carboxylic acids is 1. The summed E-state index contributed by atoms with van der Waals surface area (Å²) in [4.78, 5) is 14.3. The van der Waals surface area contributed by atoms with E-state index >= 15 is 0 Å². The lowest BCUT2D eigenvalue weighted by Gasteiger charge is -2.18. The molecule has 6 nitrogen and oxygen atoms in total. The van der Waals surface area contributed by atoms with E-state index in [0.717, 1.165) is 11.1 Å². The van der Waals surface area contributed by atoms with Crippen molar-refractivity contribution >= 4 is 17.7 Å². The minimum absolute atomic E-state index is 0.0184. The number of nitrogens with two attached hydrogens (primary N) is 1. The van der Waals surface area contributed by atoms with Gasteiger partial charge in [-0.25, -0.2) is 4.68 Å². The quantitative estimate of drug-likeness (QED) is 0.512. The highest BCUT2D eigenvalue weighted by Gasteiger charge is 2.16. The second-order valence-corrected chi connectivity index (χ2v) is 7.95. The summed E-state index contributed by atoms with van der Waals surface area (Å²) < 4.78 is 1.44. The van der Waals surface area contributed by atoms with Gasteiger partial charge < -0.3 is 10.7 Å². The van der Waals surface area contributed by atoms with Gasteiger partial charge in [0.1, 0.15) is 0 Å². The summed E-state index contributed by atoms with van der Waals surface area (Å²) in [5.74, 6) is 6.99. The molecule has 1 amide bonds. The zero-order chi connectivity index (χ0) is 20.3. The molecular weight excluding hydrogens is 370 g/mol. The van der Waals surface area contributed by atoms with Crippen molar-refractivity contribution in [1.82, 2.24) is 19.8 Å². The summed E-state index contributed by atoms with van der Waals surface area (Å²) in [6.45, 7) is 6.74. The molecular formula is C21H25N5OS. The van der Waals surface area contributed by atoms with Crippen molar-refractivity contribution in [3.8, 4) is 11.4 Å². The Balaban J connectivity index is 1.62. The SMILES string of the molecule is Cc1ccc(-c2nnc(SCC(=O)N(C)Cc3ccc(C)cc3C)n2N)cc1. The van der Waals surface area contributed by atoms with E-state index in [1.807, 2.05) is 38.2 Å². The van der Waals surface area contributed by atoms with Gasteiger partial charge in [0.25, 0.3) is 0 Å². The van der Waals surface area contributed by atoms with E-state index in [9.17, 15) is 4.79 Å². The molecule has 1 heterocycles. The van der Waals surface area contributed by atoms with Gasteiger partial charge in [0.15, 0.2) is 5.82 Å². The topological polar surface area (TPSA) is 77.0 Å². The molecule has 0 saturated heterocycles. The standard InChI is InChI=1S/C21H25N5OS/c1-14-5-8-17(9-6-14)20-23-24-21(26(20)22)28-13-19(27)25(4)12-18-10-7-15(2)11-16(18)3/h5-11H,12-13,22H2,1-4H3. The molecule has 3 rings (SSSR count). The van der Waals surface area contributed by atoms with Crippen molar-refractivity contribution in [1.29, 1.82) is 0 Å². The number of hydrogen-bond acceptors (Lipinski definition) is 5. The van der Waals surface area contributed by atoms with Gasteiger partial charge in [-0.05, 0) is 31.9 Å². The monoisotopic (exact) mass is 395 g/mol. The van der Waals surface area contributed by atoms with E-state index in [-0.39, 0.29) is 11.7 Å². The zero-order valence-corrected chi connectivity index (χ0v) is 17.5. The van der Waals surface area contributed by atoms with Crippen molar-refractivity contribution in [3.63, 3.8) is 0 Å². The summed E-state index contributed by atoms with van der Waals surface area (Å²) in [6.07, 6.45) is 0. The first-order valence-corrected chi connectivity index (χ1v) is 10.0. The van der Waals surface area contributed by atoms with Crippen molar-refractivity contribution < 1.29 is 4.79 Å². The summed E-state index contributed by atoms with van der Waals surface area (Å²) in [5.41, 5.74) is 5.62. The third-order valence-electron chi connectivity index (χ3n) is 4.63. The predicted molar refractivity (Wildman–Crippen MR) is 113 cm³/mol. The number of nitrogen functional groups attached to an aromatic ring is 1. The van der Waals surface area contributed by atoms with Crippen LogP contribution in [0.15, 0.2) is 47.6 Å². The molecule has 0 unspecified atom stereocenters. The lowest BCUT2D eigenvalue weighted by atomic mass is 10.1. The highest BCUT2D eigenvalue weighted by molar-refractivity contribution is 7.99. The van der Waals surface area contributed by atoms with Crippen LogP contribution >= 0.6 is 11.8 Å². The first kappa shape index (κ1) is 19.9. The summed E-state index contributed by atoms with van der Waals surface area (Å²) in [7, 11) is 1.81. The zero-order valence-electron chi connectivity index (χ0n) is 16.6. The molecule has 28 heavy (non-hydrogen) atoms. The summed E-state index contributed by atoms with van der Waals surface area (Å²) in [5, 5.41) is 8.82. The van der Waals surface area contributed by atoms with Gasteiger partial charge in [-0.2, -0.15) is 0 Å². The Hall–Kier alpha value is -2.80. The highest BCUT2D eigenvalue weighted by atomic mass is 32.2. The number of nitrogens with zero attached hydrogens (tertiary/aromatic N) is 4. The molecule has 3 aromatic rings. The Labute approximate surface area is 169 Å². The fraction of sp³-hybridized carbons (Fsp3) is 0.286. The third-order valence-corrected chi connectivity index (χ3v) is 5.56. The van der Waals surface area contributed by atoms with Gasteiger partial charge in [-0.15, -0.1) is 10.2 Å². The molecule has 146 valence electrons. The molecule has 1 aromatic heterocycles. The number of thioether (sulfide) groups is 1. The summed E-state index contributed by atoms with van der Waals surface area (Å²) >= 11 is 1.29. The minimum atomic E-state index is 0.0184. The Bertz CT molecular complexity index is 981.